The van der Waals surface area contributed by atoms with Crippen LogP contribution in [0, 0.1) is 0 Å². The largest absolute Gasteiger partial charge is 0.376 e. The molecule has 0 aliphatic carbocycles. The van der Waals surface area contributed by atoms with Crippen molar-refractivity contribution in [2.75, 3.05) is 17.7 Å². The number of aromatic nitrogens is 4. The SMILES string of the molecule is CC(C)(C)Nc1nc(-c2cnc(N)nc2)cc2ccn(CC3CCCO3)c(=O)c12. The summed E-state index contributed by atoms with van der Waals surface area (Å²) in [5.41, 5.74) is 6.68. The molecule has 0 radical (unpaired) electrons. The monoisotopic (exact) mass is 394 g/mol. The summed E-state index contributed by atoms with van der Waals surface area (Å²) in [6.45, 7) is 7.42. The van der Waals surface area contributed by atoms with E-state index in [4.69, 9.17) is 15.5 Å². The predicted octanol–water partition coefficient (Wildman–Crippen LogP) is 2.83. The number of nitrogen functional groups attached to an aromatic ring is 1. The maximum atomic E-state index is 13.3. The zero-order valence-electron chi connectivity index (χ0n) is 17.0. The molecule has 0 saturated carbocycles. The van der Waals surface area contributed by atoms with E-state index < -0.39 is 0 Å². The number of rotatable bonds is 4. The molecule has 3 aromatic heterocycles. The van der Waals surface area contributed by atoms with Crippen LogP contribution in [-0.4, -0.2) is 37.8 Å². The number of hydrogen-bond acceptors (Lipinski definition) is 7. The molecule has 8 nitrogen and oxygen atoms in total. The Morgan fingerprint density at radius 3 is 2.72 bits per heavy atom. The van der Waals surface area contributed by atoms with Crippen LogP contribution in [0.4, 0.5) is 11.8 Å². The van der Waals surface area contributed by atoms with Crippen molar-refractivity contribution < 1.29 is 4.74 Å². The molecule has 1 atom stereocenters. The van der Waals surface area contributed by atoms with Crippen LogP contribution in [0.5, 0.6) is 0 Å². The molecule has 152 valence electrons. The Morgan fingerprint density at radius 1 is 1.31 bits per heavy atom. The van der Waals surface area contributed by atoms with E-state index in [0.717, 1.165) is 30.4 Å². The molecule has 1 unspecified atom stereocenters. The summed E-state index contributed by atoms with van der Waals surface area (Å²) in [6.07, 6.45) is 7.20. The molecule has 4 heterocycles. The zero-order valence-corrected chi connectivity index (χ0v) is 17.0. The van der Waals surface area contributed by atoms with Crippen LogP contribution in [0.2, 0.25) is 0 Å². The van der Waals surface area contributed by atoms with Crippen molar-refractivity contribution in [3.8, 4) is 11.3 Å². The number of nitrogens with one attached hydrogen (secondary N) is 1. The molecule has 4 rings (SSSR count). The topological polar surface area (TPSA) is 108 Å². The first-order valence-corrected chi connectivity index (χ1v) is 9.82. The molecule has 0 bridgehead atoms. The fraction of sp³-hybridized carbons (Fsp3) is 0.429. The summed E-state index contributed by atoms with van der Waals surface area (Å²) < 4.78 is 7.43. The van der Waals surface area contributed by atoms with Crippen molar-refractivity contribution in [3.63, 3.8) is 0 Å². The van der Waals surface area contributed by atoms with Gasteiger partial charge in [0.05, 0.1) is 23.7 Å². The van der Waals surface area contributed by atoms with Gasteiger partial charge < -0.3 is 20.4 Å². The van der Waals surface area contributed by atoms with Crippen LogP contribution < -0.4 is 16.6 Å². The second kappa shape index (κ2) is 7.44. The number of hydrogen-bond donors (Lipinski definition) is 2. The Labute approximate surface area is 169 Å². The van der Waals surface area contributed by atoms with E-state index in [9.17, 15) is 4.79 Å². The molecule has 0 spiro atoms. The predicted molar refractivity (Wildman–Crippen MR) is 114 cm³/mol. The van der Waals surface area contributed by atoms with Gasteiger partial charge in [0, 0.05) is 36.3 Å². The van der Waals surface area contributed by atoms with Gasteiger partial charge in [0.2, 0.25) is 5.95 Å². The van der Waals surface area contributed by atoms with Gasteiger partial charge in [-0.25, -0.2) is 15.0 Å². The summed E-state index contributed by atoms with van der Waals surface area (Å²) in [6, 6.07) is 3.83. The van der Waals surface area contributed by atoms with Crippen LogP contribution in [0.25, 0.3) is 22.0 Å². The average Bonchev–Trinajstić information content (AvgIpc) is 3.16. The van der Waals surface area contributed by atoms with Crippen LogP contribution in [-0.2, 0) is 11.3 Å². The lowest BCUT2D eigenvalue weighted by atomic mass is 10.1. The second-order valence-electron chi connectivity index (χ2n) is 8.43. The van der Waals surface area contributed by atoms with Crippen molar-refractivity contribution in [2.24, 2.45) is 0 Å². The minimum atomic E-state index is -0.266. The Balaban J connectivity index is 1.85. The van der Waals surface area contributed by atoms with Crippen molar-refractivity contribution in [2.45, 2.75) is 51.8 Å². The van der Waals surface area contributed by atoms with E-state index in [1.165, 1.54) is 0 Å². The molecule has 1 aliphatic rings. The van der Waals surface area contributed by atoms with Crippen LogP contribution in [0.15, 0.2) is 35.5 Å². The third kappa shape index (κ3) is 4.22. The highest BCUT2D eigenvalue weighted by molar-refractivity contribution is 5.94. The summed E-state index contributed by atoms with van der Waals surface area (Å²) in [7, 11) is 0. The molecule has 3 N–H and O–H groups in total. The number of nitrogens with two attached hydrogens (primary N) is 1. The highest BCUT2D eigenvalue weighted by atomic mass is 16.5. The third-order valence-corrected chi connectivity index (χ3v) is 4.84. The third-order valence-electron chi connectivity index (χ3n) is 4.84. The first-order valence-electron chi connectivity index (χ1n) is 9.82. The molecule has 3 aromatic rings. The van der Waals surface area contributed by atoms with E-state index in [1.54, 1.807) is 17.0 Å². The molecule has 0 amide bonds. The number of nitrogens with zero attached hydrogens (tertiary/aromatic N) is 4. The summed E-state index contributed by atoms with van der Waals surface area (Å²) >= 11 is 0. The van der Waals surface area contributed by atoms with Crippen molar-refractivity contribution in [3.05, 3.63) is 41.1 Å². The maximum absolute atomic E-state index is 13.3. The van der Waals surface area contributed by atoms with Gasteiger partial charge in [0.1, 0.15) is 5.82 Å². The highest BCUT2D eigenvalue weighted by Gasteiger charge is 2.20. The summed E-state index contributed by atoms with van der Waals surface area (Å²) in [5, 5.41) is 4.77. The quantitative estimate of drug-likeness (QED) is 0.700. The van der Waals surface area contributed by atoms with Crippen LogP contribution in [0.1, 0.15) is 33.6 Å². The first kappa shape index (κ1) is 19.3. The minimum Gasteiger partial charge on any atom is -0.376 e. The Kier molecular flexibility index (Phi) is 4.96. The summed E-state index contributed by atoms with van der Waals surface area (Å²) in [4.78, 5) is 26.2. The van der Waals surface area contributed by atoms with Gasteiger partial charge in [0.25, 0.3) is 5.56 Å². The molecular weight excluding hydrogens is 368 g/mol. The molecular formula is C21H26N6O2. The first-order chi connectivity index (χ1) is 13.8. The van der Waals surface area contributed by atoms with E-state index in [0.29, 0.717) is 23.4 Å². The van der Waals surface area contributed by atoms with E-state index >= 15 is 0 Å². The minimum absolute atomic E-state index is 0.0719. The number of fused-ring (bicyclic) bond motifs is 1. The average molecular weight is 394 g/mol. The lowest BCUT2D eigenvalue weighted by Gasteiger charge is -2.23. The smallest absolute Gasteiger partial charge is 0.262 e. The molecule has 1 aliphatic heterocycles. The van der Waals surface area contributed by atoms with Crippen LogP contribution in [0.3, 0.4) is 0 Å². The lowest BCUT2D eigenvalue weighted by Crippen LogP contribution is -2.30. The van der Waals surface area contributed by atoms with Crippen molar-refractivity contribution >= 4 is 22.5 Å². The fourth-order valence-corrected chi connectivity index (χ4v) is 3.52. The van der Waals surface area contributed by atoms with Crippen molar-refractivity contribution in [1.82, 2.24) is 19.5 Å². The molecule has 29 heavy (non-hydrogen) atoms. The van der Waals surface area contributed by atoms with Gasteiger partial charge in [0.15, 0.2) is 0 Å². The van der Waals surface area contributed by atoms with Gasteiger partial charge in [-0.3, -0.25) is 4.79 Å². The van der Waals surface area contributed by atoms with Gasteiger partial charge in [-0.1, -0.05) is 0 Å². The highest BCUT2D eigenvalue weighted by Crippen LogP contribution is 2.27. The Morgan fingerprint density at radius 2 is 2.07 bits per heavy atom. The van der Waals surface area contributed by atoms with E-state index in [-0.39, 0.29) is 23.2 Å². The Bertz CT molecular complexity index is 1080. The van der Waals surface area contributed by atoms with Gasteiger partial charge in [-0.2, -0.15) is 0 Å². The van der Waals surface area contributed by atoms with Gasteiger partial charge >= 0.3 is 0 Å². The fourth-order valence-electron chi connectivity index (χ4n) is 3.52. The van der Waals surface area contributed by atoms with Gasteiger partial charge in [-0.05, 0) is 51.1 Å². The number of pyridine rings is 2. The van der Waals surface area contributed by atoms with Crippen LogP contribution >= 0.6 is 0 Å². The summed E-state index contributed by atoms with van der Waals surface area (Å²) in [5.74, 6) is 0.758. The van der Waals surface area contributed by atoms with E-state index in [1.807, 2.05) is 39.1 Å². The maximum Gasteiger partial charge on any atom is 0.262 e. The molecule has 0 aromatic carbocycles. The van der Waals surface area contributed by atoms with Crippen molar-refractivity contribution in [1.29, 1.82) is 0 Å². The molecule has 1 saturated heterocycles. The standard InChI is InChI=1S/C21H26N6O2/c1-21(2,3)26-18-17-13(9-16(25-18)14-10-23-20(22)24-11-14)6-7-27(19(17)28)12-15-5-4-8-29-15/h6-7,9-11,15H,4-5,8,12H2,1-3H3,(H,25,26)(H2,22,23,24). The lowest BCUT2D eigenvalue weighted by molar-refractivity contribution is 0.0963. The zero-order chi connectivity index (χ0) is 20.6. The number of ether oxygens (including phenoxy) is 1. The molecule has 1 fully saturated rings. The van der Waals surface area contributed by atoms with E-state index in [2.05, 4.69) is 15.3 Å². The number of anilines is 2. The van der Waals surface area contributed by atoms with Gasteiger partial charge in [-0.15, -0.1) is 0 Å². The Hall–Kier alpha value is -3.00. The normalized spacial score (nSPS) is 17.0. The second-order valence-corrected chi connectivity index (χ2v) is 8.43. The molecule has 8 heteroatoms.